The molecule has 0 bridgehead atoms. The Labute approximate surface area is 200 Å². The second-order valence-corrected chi connectivity index (χ2v) is 10.3. The summed E-state index contributed by atoms with van der Waals surface area (Å²) in [5, 5.41) is 4.28. The fourth-order valence-electron chi connectivity index (χ4n) is 4.26. The number of thiophene rings is 1. The Morgan fingerprint density at radius 2 is 1.94 bits per heavy atom. The molecule has 0 radical (unpaired) electrons. The first-order valence-corrected chi connectivity index (χ1v) is 13.0. The monoisotopic (exact) mass is 475 g/mol. The number of aromatic nitrogens is 2. The maximum absolute atomic E-state index is 13.8. The van der Waals surface area contributed by atoms with E-state index in [1.807, 2.05) is 61.5 Å². The molecule has 0 aliphatic heterocycles. The lowest BCUT2D eigenvalue weighted by atomic mass is 9.97. The van der Waals surface area contributed by atoms with Gasteiger partial charge in [0.1, 0.15) is 4.83 Å². The molecule has 2 aromatic carbocycles. The highest BCUT2D eigenvalue weighted by Gasteiger charge is 2.23. The number of carbonyl (C=O) groups excluding carboxylic acids is 1. The van der Waals surface area contributed by atoms with E-state index in [2.05, 4.69) is 5.32 Å². The number of benzene rings is 2. The van der Waals surface area contributed by atoms with Crippen molar-refractivity contribution in [3.05, 3.63) is 86.5 Å². The number of hydrogen-bond acceptors (Lipinski definition) is 5. The van der Waals surface area contributed by atoms with Crippen LogP contribution in [0.1, 0.15) is 34.4 Å². The minimum atomic E-state index is -0.0838. The predicted octanol–water partition coefficient (Wildman–Crippen LogP) is 5.04. The van der Waals surface area contributed by atoms with E-state index in [1.165, 1.54) is 22.2 Å². The standard InChI is InChI=1S/C26H25N3O2S2/c1-17-8-7-11-19(14-17)29-25(31)23-20-12-5-6-13-21(20)33-24(23)28-26(29)32-16-22(30)27-15-18-9-3-2-4-10-18/h2-4,7-11,14H,5-6,12-13,15-16H2,1H3,(H,27,30). The Hall–Kier alpha value is -2.90. The molecule has 0 saturated heterocycles. The maximum Gasteiger partial charge on any atom is 0.267 e. The molecule has 1 amide bonds. The van der Waals surface area contributed by atoms with Gasteiger partial charge in [-0.3, -0.25) is 14.2 Å². The van der Waals surface area contributed by atoms with Gasteiger partial charge in [-0.2, -0.15) is 0 Å². The smallest absolute Gasteiger partial charge is 0.267 e. The average Bonchev–Trinajstić information content (AvgIpc) is 3.21. The number of nitrogens with one attached hydrogen (secondary N) is 1. The molecule has 1 aliphatic carbocycles. The van der Waals surface area contributed by atoms with Crippen molar-refractivity contribution >= 4 is 39.2 Å². The van der Waals surface area contributed by atoms with Crippen molar-refractivity contribution in [3.8, 4) is 5.69 Å². The van der Waals surface area contributed by atoms with Crippen LogP contribution in [-0.2, 0) is 24.2 Å². The van der Waals surface area contributed by atoms with Crippen molar-refractivity contribution < 1.29 is 4.79 Å². The van der Waals surface area contributed by atoms with Gasteiger partial charge in [0.05, 0.1) is 16.8 Å². The highest BCUT2D eigenvalue weighted by atomic mass is 32.2. The molecule has 0 saturated carbocycles. The van der Waals surface area contributed by atoms with Gasteiger partial charge < -0.3 is 5.32 Å². The number of aryl methyl sites for hydroxylation is 3. The molecule has 4 aromatic rings. The Kier molecular flexibility index (Phi) is 6.33. The molecule has 7 heteroatoms. The molecular formula is C26H25N3O2S2. The highest BCUT2D eigenvalue weighted by Crippen LogP contribution is 2.35. The Bertz CT molecular complexity index is 1380. The fraction of sp³-hybridized carbons (Fsp3) is 0.269. The van der Waals surface area contributed by atoms with Gasteiger partial charge in [0.25, 0.3) is 5.56 Å². The highest BCUT2D eigenvalue weighted by molar-refractivity contribution is 7.99. The summed E-state index contributed by atoms with van der Waals surface area (Å²) in [4.78, 5) is 33.3. The van der Waals surface area contributed by atoms with Crippen molar-refractivity contribution in [2.24, 2.45) is 0 Å². The van der Waals surface area contributed by atoms with Gasteiger partial charge in [0, 0.05) is 11.4 Å². The van der Waals surface area contributed by atoms with Crippen molar-refractivity contribution in [2.75, 3.05) is 5.75 Å². The first-order chi connectivity index (χ1) is 16.1. The minimum absolute atomic E-state index is 0.0304. The lowest BCUT2D eigenvalue weighted by molar-refractivity contribution is -0.118. The Balaban J connectivity index is 1.48. The Morgan fingerprint density at radius 3 is 2.76 bits per heavy atom. The summed E-state index contributed by atoms with van der Waals surface area (Å²) in [7, 11) is 0. The lowest BCUT2D eigenvalue weighted by Gasteiger charge is -2.14. The molecule has 0 unspecified atom stereocenters. The van der Waals surface area contributed by atoms with E-state index in [4.69, 9.17) is 4.98 Å². The molecular weight excluding hydrogens is 450 g/mol. The van der Waals surface area contributed by atoms with Crippen LogP contribution in [0.2, 0.25) is 0 Å². The summed E-state index contributed by atoms with van der Waals surface area (Å²) >= 11 is 2.95. The third kappa shape index (κ3) is 4.61. The topological polar surface area (TPSA) is 64.0 Å². The van der Waals surface area contributed by atoms with Gasteiger partial charge in [-0.15, -0.1) is 11.3 Å². The first kappa shape index (κ1) is 21.9. The predicted molar refractivity (Wildman–Crippen MR) is 136 cm³/mol. The molecule has 5 nitrogen and oxygen atoms in total. The molecule has 1 N–H and O–H groups in total. The van der Waals surface area contributed by atoms with E-state index >= 15 is 0 Å². The summed E-state index contributed by atoms with van der Waals surface area (Å²) in [6, 6.07) is 17.7. The van der Waals surface area contributed by atoms with Crippen molar-refractivity contribution in [3.63, 3.8) is 0 Å². The maximum atomic E-state index is 13.8. The van der Waals surface area contributed by atoms with Gasteiger partial charge in [0.15, 0.2) is 5.16 Å². The van der Waals surface area contributed by atoms with Crippen LogP contribution in [0.5, 0.6) is 0 Å². The third-order valence-electron chi connectivity index (χ3n) is 5.88. The van der Waals surface area contributed by atoms with Crippen LogP contribution >= 0.6 is 23.1 Å². The zero-order valence-corrected chi connectivity index (χ0v) is 20.1. The largest absolute Gasteiger partial charge is 0.351 e. The van der Waals surface area contributed by atoms with Crippen molar-refractivity contribution in [2.45, 2.75) is 44.3 Å². The summed E-state index contributed by atoms with van der Waals surface area (Å²) in [6.07, 6.45) is 4.23. The number of carbonyl (C=O) groups is 1. The number of fused-ring (bicyclic) bond motifs is 3. The van der Waals surface area contributed by atoms with Crippen LogP contribution in [-0.4, -0.2) is 21.2 Å². The van der Waals surface area contributed by atoms with Crippen LogP contribution in [0.25, 0.3) is 15.9 Å². The van der Waals surface area contributed by atoms with Crippen molar-refractivity contribution in [1.82, 2.24) is 14.9 Å². The molecule has 1 aliphatic rings. The quantitative estimate of drug-likeness (QED) is 0.313. The number of rotatable bonds is 6. The molecule has 0 spiro atoms. The second kappa shape index (κ2) is 9.53. The first-order valence-electron chi connectivity index (χ1n) is 11.2. The summed E-state index contributed by atoms with van der Waals surface area (Å²) in [5.74, 6) is 0.112. The number of nitrogens with zero attached hydrogens (tertiary/aromatic N) is 2. The second-order valence-electron chi connectivity index (χ2n) is 8.32. The van der Waals surface area contributed by atoms with E-state index in [9.17, 15) is 9.59 Å². The molecule has 0 atom stereocenters. The molecule has 5 rings (SSSR count). The van der Waals surface area contributed by atoms with Crippen LogP contribution in [0.15, 0.2) is 64.5 Å². The summed E-state index contributed by atoms with van der Waals surface area (Å²) in [5.41, 5.74) is 4.06. The van der Waals surface area contributed by atoms with E-state index in [0.717, 1.165) is 52.7 Å². The van der Waals surface area contributed by atoms with E-state index in [0.29, 0.717) is 11.7 Å². The van der Waals surface area contributed by atoms with Gasteiger partial charge in [-0.25, -0.2) is 4.98 Å². The minimum Gasteiger partial charge on any atom is -0.351 e. The molecule has 168 valence electrons. The van der Waals surface area contributed by atoms with Gasteiger partial charge in [-0.05, 0) is 61.4 Å². The molecule has 2 aromatic heterocycles. The van der Waals surface area contributed by atoms with Gasteiger partial charge in [0.2, 0.25) is 5.91 Å². The van der Waals surface area contributed by atoms with E-state index in [-0.39, 0.29) is 17.2 Å². The van der Waals surface area contributed by atoms with E-state index in [1.54, 1.807) is 15.9 Å². The van der Waals surface area contributed by atoms with Crippen LogP contribution in [0.3, 0.4) is 0 Å². The molecule has 0 fully saturated rings. The zero-order valence-electron chi connectivity index (χ0n) is 18.5. The molecule has 2 heterocycles. The number of thioether (sulfide) groups is 1. The summed E-state index contributed by atoms with van der Waals surface area (Å²) < 4.78 is 1.69. The average molecular weight is 476 g/mol. The van der Waals surface area contributed by atoms with Crippen LogP contribution in [0, 0.1) is 6.92 Å². The molecule has 33 heavy (non-hydrogen) atoms. The third-order valence-corrected chi connectivity index (χ3v) is 8.01. The summed E-state index contributed by atoms with van der Waals surface area (Å²) in [6.45, 7) is 2.49. The van der Waals surface area contributed by atoms with Gasteiger partial charge in [-0.1, -0.05) is 54.2 Å². The SMILES string of the molecule is Cc1cccc(-n2c(SCC(=O)NCc3ccccc3)nc3sc4c(c3c2=O)CCCC4)c1. The van der Waals surface area contributed by atoms with Crippen molar-refractivity contribution in [1.29, 1.82) is 0 Å². The zero-order chi connectivity index (χ0) is 22.8. The van der Waals surface area contributed by atoms with Crippen LogP contribution < -0.4 is 10.9 Å². The van der Waals surface area contributed by atoms with Gasteiger partial charge >= 0.3 is 0 Å². The number of hydrogen-bond donors (Lipinski definition) is 1. The van der Waals surface area contributed by atoms with E-state index < -0.39 is 0 Å². The number of amides is 1. The normalized spacial score (nSPS) is 13.1. The van der Waals surface area contributed by atoms with Crippen LogP contribution in [0.4, 0.5) is 0 Å². The fourth-order valence-corrected chi connectivity index (χ4v) is 6.40. The lowest BCUT2D eigenvalue weighted by Crippen LogP contribution is -2.26. The Morgan fingerprint density at radius 1 is 1.12 bits per heavy atom.